The number of amides is 1. The van der Waals surface area contributed by atoms with Crippen LogP contribution in [0.1, 0.15) is 23.5 Å². The van der Waals surface area contributed by atoms with Crippen molar-refractivity contribution in [3.05, 3.63) is 66.0 Å². The molecule has 1 N–H and O–H groups in total. The first kappa shape index (κ1) is 17.1. The van der Waals surface area contributed by atoms with Crippen LogP contribution in [0.15, 0.2) is 54.9 Å². The molecule has 0 aliphatic carbocycles. The van der Waals surface area contributed by atoms with E-state index in [1.807, 2.05) is 60.2 Å². The molecule has 0 saturated heterocycles. The van der Waals surface area contributed by atoms with Gasteiger partial charge in [-0.15, -0.1) is 0 Å². The number of benzene rings is 2. The predicted molar refractivity (Wildman–Crippen MR) is 106 cm³/mol. The monoisotopic (exact) mass is 362 g/mol. The molecule has 2 aromatic carbocycles. The molecule has 27 heavy (non-hydrogen) atoms. The molecule has 1 aliphatic rings. The zero-order chi connectivity index (χ0) is 19.0. The molecule has 1 aromatic heterocycles. The summed E-state index contributed by atoms with van der Waals surface area (Å²) < 4.78 is 7.28. The smallest absolute Gasteiger partial charge is 0.225 e. The minimum atomic E-state index is -0.0701. The Labute approximate surface area is 158 Å². The van der Waals surface area contributed by atoms with Crippen molar-refractivity contribution in [1.82, 2.24) is 9.78 Å². The fourth-order valence-corrected chi connectivity index (χ4v) is 3.57. The van der Waals surface area contributed by atoms with E-state index in [9.17, 15) is 4.79 Å². The number of anilines is 2. The molecule has 1 aliphatic heterocycles. The molecular formula is C21H22N4O2. The summed E-state index contributed by atoms with van der Waals surface area (Å²) in [5.74, 6) is 0.704. The highest BCUT2D eigenvalue weighted by molar-refractivity contribution is 5.96. The van der Waals surface area contributed by atoms with Gasteiger partial charge >= 0.3 is 0 Å². The van der Waals surface area contributed by atoms with Crippen LogP contribution in [0.25, 0.3) is 5.69 Å². The van der Waals surface area contributed by atoms with Crippen LogP contribution in [-0.2, 0) is 4.79 Å². The van der Waals surface area contributed by atoms with Crippen molar-refractivity contribution in [2.45, 2.75) is 12.3 Å². The minimum Gasteiger partial charge on any atom is -0.497 e. The normalized spacial score (nSPS) is 15.8. The summed E-state index contributed by atoms with van der Waals surface area (Å²) >= 11 is 0. The van der Waals surface area contributed by atoms with Gasteiger partial charge in [0.1, 0.15) is 5.75 Å². The number of ether oxygens (including phenoxy) is 1. The van der Waals surface area contributed by atoms with Crippen LogP contribution in [0.2, 0.25) is 0 Å². The van der Waals surface area contributed by atoms with Crippen molar-refractivity contribution in [3.8, 4) is 11.4 Å². The van der Waals surface area contributed by atoms with Crippen LogP contribution in [0, 0.1) is 0 Å². The molecule has 4 rings (SSSR count). The Morgan fingerprint density at radius 1 is 1.19 bits per heavy atom. The fraction of sp³-hybridized carbons (Fsp3) is 0.238. The Morgan fingerprint density at radius 2 is 2.04 bits per heavy atom. The van der Waals surface area contributed by atoms with Gasteiger partial charge in [0.2, 0.25) is 5.91 Å². The van der Waals surface area contributed by atoms with Crippen LogP contribution in [0.3, 0.4) is 0 Å². The highest BCUT2D eigenvalue weighted by atomic mass is 16.5. The summed E-state index contributed by atoms with van der Waals surface area (Å²) in [7, 11) is 5.63. The fourth-order valence-electron chi connectivity index (χ4n) is 3.57. The topological polar surface area (TPSA) is 59.4 Å². The summed E-state index contributed by atoms with van der Waals surface area (Å²) in [6, 6.07) is 14.0. The maximum Gasteiger partial charge on any atom is 0.225 e. The van der Waals surface area contributed by atoms with Gasteiger partial charge in [0, 0.05) is 50.2 Å². The average Bonchev–Trinajstić information content (AvgIpc) is 3.20. The largest absolute Gasteiger partial charge is 0.497 e. The first-order valence-corrected chi connectivity index (χ1v) is 8.86. The van der Waals surface area contributed by atoms with E-state index in [0.29, 0.717) is 6.42 Å². The lowest BCUT2D eigenvalue weighted by Crippen LogP contribution is -2.25. The minimum absolute atomic E-state index is 0.0117. The molecule has 0 saturated carbocycles. The molecule has 2 heterocycles. The maximum absolute atomic E-state index is 12.5. The standard InChI is InChI=1S/C21H22N4O2/c1-24(2)14-5-7-16-17(13-21(26)23-19(16)11-14)18-12-15(27-3)6-8-20(18)25-10-4-9-22-25/h4-12,17H,13H2,1-3H3,(H,23,26). The Morgan fingerprint density at radius 3 is 2.74 bits per heavy atom. The lowest BCUT2D eigenvalue weighted by Gasteiger charge is -2.29. The molecule has 0 bridgehead atoms. The van der Waals surface area contributed by atoms with Crippen LogP contribution in [0.4, 0.5) is 11.4 Å². The van der Waals surface area contributed by atoms with Gasteiger partial charge in [-0.1, -0.05) is 6.07 Å². The van der Waals surface area contributed by atoms with Gasteiger partial charge in [-0.3, -0.25) is 4.79 Å². The Hall–Kier alpha value is -3.28. The molecule has 6 nitrogen and oxygen atoms in total. The maximum atomic E-state index is 12.5. The van der Waals surface area contributed by atoms with Crippen molar-refractivity contribution in [2.24, 2.45) is 0 Å². The summed E-state index contributed by atoms with van der Waals surface area (Å²) in [5, 5.41) is 7.40. The zero-order valence-electron chi connectivity index (χ0n) is 15.6. The summed E-state index contributed by atoms with van der Waals surface area (Å²) in [5.41, 5.74) is 4.97. The first-order valence-electron chi connectivity index (χ1n) is 8.86. The summed E-state index contributed by atoms with van der Waals surface area (Å²) in [6.07, 6.45) is 4.04. The van der Waals surface area contributed by atoms with Gasteiger partial charge in [0.05, 0.1) is 12.8 Å². The number of carbonyl (C=O) groups is 1. The van der Waals surface area contributed by atoms with Crippen LogP contribution in [-0.4, -0.2) is 36.9 Å². The van der Waals surface area contributed by atoms with E-state index in [2.05, 4.69) is 22.5 Å². The number of nitrogens with zero attached hydrogens (tertiary/aromatic N) is 3. The molecule has 0 spiro atoms. The third-order valence-electron chi connectivity index (χ3n) is 4.95. The Balaban J connectivity index is 1.88. The van der Waals surface area contributed by atoms with Gasteiger partial charge in [-0.2, -0.15) is 5.10 Å². The van der Waals surface area contributed by atoms with Crippen LogP contribution < -0.4 is 15.0 Å². The second-order valence-corrected chi connectivity index (χ2v) is 6.85. The zero-order valence-corrected chi connectivity index (χ0v) is 15.6. The third kappa shape index (κ3) is 3.14. The highest BCUT2D eigenvalue weighted by Crippen LogP contribution is 2.41. The number of rotatable bonds is 4. The predicted octanol–water partition coefficient (Wildman–Crippen LogP) is 3.42. The lowest BCUT2D eigenvalue weighted by molar-refractivity contribution is -0.116. The van der Waals surface area contributed by atoms with E-state index in [-0.39, 0.29) is 11.8 Å². The van der Waals surface area contributed by atoms with Crippen molar-refractivity contribution in [1.29, 1.82) is 0 Å². The van der Waals surface area contributed by atoms with Gasteiger partial charge in [0.15, 0.2) is 0 Å². The summed E-state index contributed by atoms with van der Waals surface area (Å²) in [6.45, 7) is 0. The van der Waals surface area contributed by atoms with Crippen molar-refractivity contribution in [3.63, 3.8) is 0 Å². The number of aromatic nitrogens is 2. The van der Waals surface area contributed by atoms with Crippen LogP contribution in [0.5, 0.6) is 5.75 Å². The molecule has 1 unspecified atom stereocenters. The van der Waals surface area contributed by atoms with Crippen molar-refractivity contribution >= 4 is 17.3 Å². The van der Waals surface area contributed by atoms with Gasteiger partial charge in [0.25, 0.3) is 0 Å². The highest BCUT2D eigenvalue weighted by Gasteiger charge is 2.29. The lowest BCUT2D eigenvalue weighted by atomic mass is 9.83. The first-order chi connectivity index (χ1) is 13.1. The number of hydrogen-bond acceptors (Lipinski definition) is 4. The number of hydrogen-bond donors (Lipinski definition) is 1. The van der Waals surface area contributed by atoms with Gasteiger partial charge in [-0.05, 0) is 47.5 Å². The molecule has 0 fully saturated rings. The van der Waals surface area contributed by atoms with E-state index in [0.717, 1.165) is 33.9 Å². The van der Waals surface area contributed by atoms with E-state index < -0.39 is 0 Å². The molecular weight excluding hydrogens is 340 g/mol. The quantitative estimate of drug-likeness (QED) is 0.773. The van der Waals surface area contributed by atoms with E-state index >= 15 is 0 Å². The molecule has 3 aromatic rings. The molecule has 1 amide bonds. The molecule has 138 valence electrons. The third-order valence-corrected chi connectivity index (χ3v) is 4.95. The van der Waals surface area contributed by atoms with E-state index in [1.54, 1.807) is 13.3 Å². The Kier molecular flexibility index (Phi) is 4.32. The Bertz CT molecular complexity index is 980. The van der Waals surface area contributed by atoms with Gasteiger partial charge < -0.3 is 15.0 Å². The van der Waals surface area contributed by atoms with E-state index in [1.165, 1.54) is 0 Å². The van der Waals surface area contributed by atoms with Crippen LogP contribution >= 0.6 is 0 Å². The van der Waals surface area contributed by atoms with E-state index in [4.69, 9.17) is 4.74 Å². The average molecular weight is 362 g/mol. The molecule has 6 heteroatoms. The second-order valence-electron chi connectivity index (χ2n) is 6.85. The van der Waals surface area contributed by atoms with Gasteiger partial charge in [-0.25, -0.2) is 4.68 Å². The van der Waals surface area contributed by atoms with Crippen molar-refractivity contribution in [2.75, 3.05) is 31.4 Å². The molecule has 0 radical (unpaired) electrons. The second kappa shape index (κ2) is 6.79. The SMILES string of the molecule is COc1ccc(-n2cccn2)c(C2CC(=O)Nc3cc(N(C)C)ccc32)c1. The number of nitrogens with one attached hydrogen (secondary N) is 1. The molecule has 1 atom stereocenters. The number of methoxy groups -OCH3 is 1. The van der Waals surface area contributed by atoms with Crippen molar-refractivity contribution < 1.29 is 9.53 Å². The summed E-state index contributed by atoms with van der Waals surface area (Å²) in [4.78, 5) is 14.5. The number of carbonyl (C=O) groups excluding carboxylic acids is 1. The number of fused-ring (bicyclic) bond motifs is 1.